The number of hydrogen-bond donors (Lipinski definition) is 1. The Labute approximate surface area is 114 Å². The average molecular weight is 277 g/mol. The molecule has 3 nitrogen and oxygen atoms in total. The molecule has 1 N–H and O–H groups in total. The fourth-order valence-electron chi connectivity index (χ4n) is 1.38. The highest BCUT2D eigenvalue weighted by atomic mass is 35.5. The normalized spacial score (nSPS) is 10.6. The Morgan fingerprint density at radius 3 is 2.37 bits per heavy atom. The first-order valence-corrected chi connectivity index (χ1v) is 5.87. The maximum atomic E-state index is 12.7. The van der Waals surface area contributed by atoms with Crippen LogP contribution in [0.4, 0.5) is 4.39 Å². The summed E-state index contributed by atoms with van der Waals surface area (Å²) in [5, 5.41) is 4.35. The van der Waals surface area contributed by atoms with Crippen molar-refractivity contribution in [2.75, 3.05) is 0 Å². The van der Waals surface area contributed by atoms with Gasteiger partial charge in [-0.25, -0.2) is 9.82 Å². The van der Waals surface area contributed by atoms with Gasteiger partial charge < -0.3 is 0 Å². The zero-order chi connectivity index (χ0) is 13.7. The Kier molecular flexibility index (Phi) is 4.26. The first kappa shape index (κ1) is 13.2. The number of rotatable bonds is 3. The van der Waals surface area contributed by atoms with Gasteiger partial charge >= 0.3 is 0 Å². The number of carbonyl (C=O) groups is 1. The quantitative estimate of drug-likeness (QED) is 0.679. The second-order valence-electron chi connectivity index (χ2n) is 3.76. The molecule has 0 radical (unpaired) electrons. The lowest BCUT2D eigenvalue weighted by Crippen LogP contribution is -2.17. The number of amides is 1. The van der Waals surface area contributed by atoms with E-state index in [0.29, 0.717) is 16.1 Å². The van der Waals surface area contributed by atoms with Gasteiger partial charge in [0.15, 0.2) is 0 Å². The molecule has 0 aliphatic rings. The summed E-state index contributed by atoms with van der Waals surface area (Å²) in [6.45, 7) is 0. The minimum absolute atomic E-state index is 0.317. The van der Waals surface area contributed by atoms with Crippen LogP contribution in [0, 0.1) is 5.82 Å². The van der Waals surface area contributed by atoms with Crippen molar-refractivity contribution in [3.05, 3.63) is 70.5 Å². The minimum atomic E-state index is -0.338. The summed E-state index contributed by atoms with van der Waals surface area (Å²) in [5.74, 6) is -0.655. The Balaban J connectivity index is 1.96. The number of carbonyl (C=O) groups excluding carboxylic acids is 1. The molecule has 2 aromatic rings. The van der Waals surface area contributed by atoms with Crippen molar-refractivity contribution in [2.45, 2.75) is 0 Å². The van der Waals surface area contributed by atoms with Crippen LogP contribution in [0.15, 0.2) is 53.6 Å². The molecule has 2 rings (SSSR count). The molecule has 19 heavy (non-hydrogen) atoms. The smallest absolute Gasteiger partial charge is 0.267 e. The molecular weight excluding hydrogens is 267 g/mol. The topological polar surface area (TPSA) is 41.5 Å². The fraction of sp³-hybridized carbons (Fsp3) is 0. The van der Waals surface area contributed by atoms with Crippen molar-refractivity contribution in [1.82, 2.24) is 5.43 Å². The third kappa shape index (κ3) is 3.89. The first-order valence-electron chi connectivity index (χ1n) is 5.50. The van der Waals surface area contributed by atoms with E-state index in [1.54, 1.807) is 36.4 Å². The molecule has 96 valence electrons. The molecule has 0 aromatic heterocycles. The van der Waals surface area contributed by atoms with Crippen molar-refractivity contribution in [3.8, 4) is 0 Å². The van der Waals surface area contributed by atoms with Gasteiger partial charge in [0.25, 0.3) is 5.91 Å². The van der Waals surface area contributed by atoms with Gasteiger partial charge in [-0.05, 0) is 42.0 Å². The molecule has 0 heterocycles. The molecular formula is C14H10ClFN2O. The second kappa shape index (κ2) is 6.11. The summed E-state index contributed by atoms with van der Waals surface area (Å²) in [4.78, 5) is 11.7. The molecule has 1 amide bonds. The van der Waals surface area contributed by atoms with E-state index in [0.717, 1.165) is 0 Å². The lowest BCUT2D eigenvalue weighted by atomic mass is 10.2. The van der Waals surface area contributed by atoms with E-state index in [1.807, 2.05) is 0 Å². The molecule has 0 bridgehead atoms. The van der Waals surface area contributed by atoms with Crippen LogP contribution in [-0.2, 0) is 0 Å². The Hall–Kier alpha value is -2.20. The largest absolute Gasteiger partial charge is 0.271 e. The van der Waals surface area contributed by atoms with E-state index in [9.17, 15) is 9.18 Å². The Morgan fingerprint density at radius 1 is 1.11 bits per heavy atom. The number of nitrogens with one attached hydrogen (secondary N) is 1. The number of hydrogen-bond acceptors (Lipinski definition) is 2. The SMILES string of the molecule is O=C(NN=Cc1ccc(F)cc1)c1ccc(Cl)cc1. The lowest BCUT2D eigenvalue weighted by Gasteiger charge is -1.99. The fourth-order valence-corrected chi connectivity index (χ4v) is 1.51. The molecule has 0 saturated carbocycles. The molecule has 0 fully saturated rings. The maximum Gasteiger partial charge on any atom is 0.271 e. The highest BCUT2D eigenvalue weighted by Crippen LogP contribution is 2.09. The predicted octanol–water partition coefficient (Wildman–Crippen LogP) is 3.24. The molecule has 0 aliphatic heterocycles. The van der Waals surface area contributed by atoms with E-state index >= 15 is 0 Å². The Bertz CT molecular complexity index is 594. The van der Waals surface area contributed by atoms with Crippen LogP contribution in [-0.4, -0.2) is 12.1 Å². The van der Waals surface area contributed by atoms with Gasteiger partial charge in [0.2, 0.25) is 0 Å². The van der Waals surface area contributed by atoms with E-state index < -0.39 is 0 Å². The third-order valence-corrected chi connectivity index (χ3v) is 2.61. The minimum Gasteiger partial charge on any atom is -0.267 e. The molecule has 0 saturated heterocycles. The van der Waals surface area contributed by atoms with E-state index in [-0.39, 0.29) is 11.7 Å². The zero-order valence-electron chi connectivity index (χ0n) is 9.81. The molecule has 2 aromatic carbocycles. The maximum absolute atomic E-state index is 12.7. The van der Waals surface area contributed by atoms with E-state index in [2.05, 4.69) is 10.5 Å². The standard InChI is InChI=1S/C14H10ClFN2O/c15-12-5-3-11(4-6-12)14(19)18-17-9-10-1-7-13(16)8-2-10/h1-9H,(H,18,19). The van der Waals surface area contributed by atoms with Gasteiger partial charge in [-0.3, -0.25) is 4.79 Å². The monoisotopic (exact) mass is 276 g/mol. The predicted molar refractivity (Wildman–Crippen MR) is 72.9 cm³/mol. The van der Waals surface area contributed by atoms with Crippen LogP contribution in [0.2, 0.25) is 5.02 Å². The van der Waals surface area contributed by atoms with Gasteiger partial charge in [-0.1, -0.05) is 23.7 Å². The molecule has 0 atom stereocenters. The number of nitrogens with zero attached hydrogens (tertiary/aromatic N) is 1. The van der Waals surface area contributed by atoms with Crippen molar-refractivity contribution >= 4 is 23.7 Å². The summed E-state index contributed by atoms with van der Waals surface area (Å²) >= 11 is 5.72. The summed E-state index contributed by atoms with van der Waals surface area (Å²) in [7, 11) is 0. The van der Waals surface area contributed by atoms with Gasteiger partial charge in [0.1, 0.15) is 5.82 Å². The highest BCUT2D eigenvalue weighted by molar-refractivity contribution is 6.30. The van der Waals surface area contributed by atoms with Crippen molar-refractivity contribution in [3.63, 3.8) is 0 Å². The second-order valence-corrected chi connectivity index (χ2v) is 4.19. The first-order chi connectivity index (χ1) is 9.15. The summed E-state index contributed by atoms with van der Waals surface area (Å²) < 4.78 is 12.7. The summed E-state index contributed by atoms with van der Waals surface area (Å²) in [6.07, 6.45) is 1.44. The number of halogens is 2. The average Bonchev–Trinajstić information content (AvgIpc) is 2.41. The lowest BCUT2D eigenvalue weighted by molar-refractivity contribution is 0.0955. The van der Waals surface area contributed by atoms with Crippen molar-refractivity contribution in [2.24, 2.45) is 5.10 Å². The number of hydrazone groups is 1. The Morgan fingerprint density at radius 2 is 1.74 bits per heavy atom. The van der Waals surface area contributed by atoms with Gasteiger partial charge in [0, 0.05) is 10.6 Å². The molecule has 0 unspecified atom stereocenters. The van der Waals surface area contributed by atoms with Crippen molar-refractivity contribution < 1.29 is 9.18 Å². The van der Waals surface area contributed by atoms with Crippen LogP contribution in [0.3, 0.4) is 0 Å². The zero-order valence-corrected chi connectivity index (χ0v) is 10.6. The van der Waals surface area contributed by atoms with Gasteiger partial charge in [-0.15, -0.1) is 0 Å². The van der Waals surface area contributed by atoms with Crippen LogP contribution in [0.1, 0.15) is 15.9 Å². The summed E-state index contributed by atoms with van der Waals surface area (Å²) in [6, 6.07) is 12.2. The van der Waals surface area contributed by atoms with Crippen LogP contribution >= 0.6 is 11.6 Å². The molecule has 0 aliphatic carbocycles. The van der Waals surface area contributed by atoms with Gasteiger partial charge in [0.05, 0.1) is 6.21 Å². The van der Waals surface area contributed by atoms with Crippen molar-refractivity contribution in [1.29, 1.82) is 0 Å². The van der Waals surface area contributed by atoms with Crippen LogP contribution < -0.4 is 5.43 Å². The summed E-state index contributed by atoms with van der Waals surface area (Å²) in [5.41, 5.74) is 3.53. The molecule has 5 heteroatoms. The van der Waals surface area contributed by atoms with Gasteiger partial charge in [-0.2, -0.15) is 5.10 Å². The molecule has 0 spiro atoms. The van der Waals surface area contributed by atoms with E-state index in [4.69, 9.17) is 11.6 Å². The highest BCUT2D eigenvalue weighted by Gasteiger charge is 2.02. The number of benzene rings is 2. The van der Waals surface area contributed by atoms with Crippen LogP contribution in [0.5, 0.6) is 0 Å². The van der Waals surface area contributed by atoms with E-state index in [1.165, 1.54) is 18.3 Å². The van der Waals surface area contributed by atoms with Crippen LogP contribution in [0.25, 0.3) is 0 Å². The third-order valence-electron chi connectivity index (χ3n) is 2.36.